The Bertz CT molecular complexity index is 1400. The van der Waals surface area contributed by atoms with Crippen molar-refractivity contribution in [3.8, 4) is 22.9 Å². The number of carbonyl (C=O) groups excluding carboxylic acids is 1. The molecule has 0 aliphatic carbocycles. The normalized spacial score (nSPS) is 13.3. The number of thiophene rings is 1. The van der Waals surface area contributed by atoms with Gasteiger partial charge in [0, 0.05) is 26.2 Å². The molecule has 4 rings (SSSR count). The number of ether oxygens (including phenoxy) is 2. The highest BCUT2D eigenvalue weighted by molar-refractivity contribution is 7.19. The smallest absolute Gasteiger partial charge is 0.276 e. The van der Waals surface area contributed by atoms with E-state index in [1.165, 1.54) is 0 Å². The molecule has 2 aromatic heterocycles. The van der Waals surface area contributed by atoms with Crippen LogP contribution in [-0.4, -0.2) is 77.5 Å². The van der Waals surface area contributed by atoms with Crippen LogP contribution in [0.5, 0.6) is 11.5 Å². The van der Waals surface area contributed by atoms with Crippen LogP contribution >= 0.6 is 11.3 Å². The third-order valence-corrected chi connectivity index (χ3v) is 8.29. The number of benzene rings is 1. The Morgan fingerprint density at radius 2 is 1.60 bits per heavy atom. The number of amides is 1. The molecule has 0 spiro atoms. The van der Waals surface area contributed by atoms with E-state index in [1.807, 2.05) is 29.2 Å². The van der Waals surface area contributed by atoms with E-state index in [-0.39, 0.29) is 11.6 Å². The highest BCUT2D eigenvalue weighted by Gasteiger charge is 2.36. The molecule has 1 aliphatic heterocycles. The zero-order valence-corrected chi connectivity index (χ0v) is 26.5. The standard InChI is InChI=1S/C31H43N7O3S/c1-7-11-18-36(10-4)26-17-16-25(42-26)32-27-28(31(39)37(19-12-8-2)20-13-9-3)35-38-29(33-34-30(27)38)23-21-22(40-5)14-15-24(23)41-6/h14-17,21H,7-13,18-20H2,1-6H3/b32-27-. The topological polar surface area (TPSA) is 97.4 Å². The zero-order valence-electron chi connectivity index (χ0n) is 25.7. The van der Waals surface area contributed by atoms with E-state index >= 15 is 0 Å². The van der Waals surface area contributed by atoms with Crippen molar-refractivity contribution in [2.45, 2.75) is 66.2 Å². The van der Waals surface area contributed by atoms with Crippen LogP contribution in [0.15, 0.2) is 40.4 Å². The second kappa shape index (κ2) is 14.9. The van der Waals surface area contributed by atoms with E-state index in [1.54, 1.807) is 30.2 Å². The van der Waals surface area contributed by atoms with Crippen molar-refractivity contribution < 1.29 is 14.3 Å². The number of hydrogen-bond donors (Lipinski definition) is 0. The van der Waals surface area contributed by atoms with Crippen LogP contribution in [0.2, 0.25) is 0 Å². The largest absolute Gasteiger partial charge is 0.497 e. The molecule has 0 saturated heterocycles. The maximum Gasteiger partial charge on any atom is 0.276 e. The summed E-state index contributed by atoms with van der Waals surface area (Å²) in [5, 5.41) is 15.7. The van der Waals surface area contributed by atoms with Gasteiger partial charge in [0.25, 0.3) is 5.91 Å². The van der Waals surface area contributed by atoms with E-state index in [0.717, 1.165) is 61.6 Å². The van der Waals surface area contributed by atoms with E-state index < -0.39 is 0 Å². The van der Waals surface area contributed by atoms with Gasteiger partial charge in [-0.1, -0.05) is 51.4 Å². The number of rotatable bonds is 16. The lowest BCUT2D eigenvalue weighted by atomic mass is 10.1. The molecular formula is C31H43N7O3S. The Kier molecular flexibility index (Phi) is 11.1. The lowest BCUT2D eigenvalue weighted by Gasteiger charge is -2.22. The fourth-order valence-electron chi connectivity index (χ4n) is 4.77. The van der Waals surface area contributed by atoms with Crippen LogP contribution in [0.3, 0.4) is 0 Å². The summed E-state index contributed by atoms with van der Waals surface area (Å²) in [5.41, 5.74) is 1.38. The van der Waals surface area contributed by atoms with Gasteiger partial charge in [0.15, 0.2) is 11.5 Å². The number of anilines is 1. The molecule has 0 radical (unpaired) electrons. The predicted octanol–water partition coefficient (Wildman–Crippen LogP) is 6.42. The second-order valence-electron chi connectivity index (χ2n) is 10.2. The van der Waals surface area contributed by atoms with Crippen molar-refractivity contribution in [1.82, 2.24) is 19.8 Å². The summed E-state index contributed by atoms with van der Waals surface area (Å²) in [4.78, 5) is 23.3. The van der Waals surface area contributed by atoms with Crippen molar-refractivity contribution in [3.05, 3.63) is 36.2 Å². The Morgan fingerprint density at radius 1 is 0.905 bits per heavy atom. The van der Waals surface area contributed by atoms with Crippen molar-refractivity contribution in [2.75, 3.05) is 45.3 Å². The summed E-state index contributed by atoms with van der Waals surface area (Å²) < 4.78 is 12.7. The highest BCUT2D eigenvalue weighted by Crippen LogP contribution is 2.36. The monoisotopic (exact) mass is 593 g/mol. The molecular weight excluding hydrogens is 550 g/mol. The number of carbonyl (C=O) groups is 1. The number of aliphatic imine (C=N–C) groups is 1. The number of aromatic nitrogens is 3. The van der Waals surface area contributed by atoms with Gasteiger partial charge in [0.1, 0.15) is 22.2 Å². The predicted molar refractivity (Wildman–Crippen MR) is 171 cm³/mol. The van der Waals surface area contributed by atoms with Crippen molar-refractivity contribution >= 4 is 38.7 Å². The molecule has 0 fully saturated rings. The highest BCUT2D eigenvalue weighted by atomic mass is 32.1. The van der Waals surface area contributed by atoms with Crippen LogP contribution in [-0.2, 0) is 4.79 Å². The van der Waals surface area contributed by atoms with Crippen molar-refractivity contribution in [1.29, 1.82) is 0 Å². The molecule has 0 saturated carbocycles. The molecule has 10 nitrogen and oxygen atoms in total. The summed E-state index contributed by atoms with van der Waals surface area (Å²) >= 11 is 1.61. The summed E-state index contributed by atoms with van der Waals surface area (Å²) in [6.45, 7) is 11.9. The van der Waals surface area contributed by atoms with Gasteiger partial charge >= 0.3 is 0 Å². The average molecular weight is 594 g/mol. The lowest BCUT2D eigenvalue weighted by Crippen LogP contribution is -2.40. The lowest BCUT2D eigenvalue weighted by molar-refractivity contribution is -0.124. The second-order valence-corrected chi connectivity index (χ2v) is 11.2. The minimum atomic E-state index is -0.139. The number of hydrogen-bond acceptors (Lipinski definition) is 9. The van der Waals surface area contributed by atoms with Gasteiger partial charge in [-0.05, 0) is 56.5 Å². The minimum Gasteiger partial charge on any atom is -0.497 e. The van der Waals surface area contributed by atoms with Gasteiger partial charge in [-0.2, -0.15) is 9.78 Å². The number of methoxy groups -OCH3 is 2. The van der Waals surface area contributed by atoms with Crippen LogP contribution < -0.4 is 14.4 Å². The van der Waals surface area contributed by atoms with Gasteiger partial charge < -0.3 is 19.3 Å². The molecule has 0 atom stereocenters. The van der Waals surface area contributed by atoms with Gasteiger partial charge in [-0.3, -0.25) is 4.79 Å². The third kappa shape index (κ3) is 6.83. The van der Waals surface area contributed by atoms with Gasteiger partial charge in [-0.15, -0.1) is 10.2 Å². The molecule has 0 unspecified atom stereocenters. The Hall–Kier alpha value is -3.73. The fourth-order valence-corrected chi connectivity index (χ4v) is 5.75. The minimum absolute atomic E-state index is 0.139. The molecule has 1 aliphatic rings. The van der Waals surface area contributed by atoms with Gasteiger partial charge in [-0.25, -0.2) is 4.99 Å². The average Bonchev–Trinajstić information content (AvgIpc) is 3.74. The molecule has 3 aromatic rings. The van der Waals surface area contributed by atoms with Crippen molar-refractivity contribution in [2.24, 2.45) is 10.1 Å². The first-order valence-corrected chi connectivity index (χ1v) is 15.8. The van der Waals surface area contributed by atoms with Gasteiger partial charge in [0.2, 0.25) is 5.82 Å². The first-order chi connectivity index (χ1) is 20.5. The SMILES string of the molecule is CCCCN(CCCC)C(=O)C1=Nn2c(nnc2-c2cc(OC)ccc2OC)/C1=N\c1ccc(N(CC)CCCC)s1. The van der Waals surface area contributed by atoms with Crippen LogP contribution in [0.25, 0.3) is 11.4 Å². The molecule has 226 valence electrons. The molecule has 1 aromatic carbocycles. The van der Waals surface area contributed by atoms with Crippen LogP contribution in [0.1, 0.15) is 72.0 Å². The summed E-state index contributed by atoms with van der Waals surface area (Å²) in [5.74, 6) is 1.99. The van der Waals surface area contributed by atoms with E-state index in [2.05, 4.69) is 48.9 Å². The maximum absolute atomic E-state index is 14.1. The molecule has 0 N–H and O–H groups in total. The van der Waals surface area contributed by atoms with E-state index in [4.69, 9.17) is 19.6 Å². The fraction of sp³-hybridized carbons (Fsp3) is 0.516. The van der Waals surface area contributed by atoms with E-state index in [0.29, 0.717) is 47.5 Å². The maximum atomic E-state index is 14.1. The number of fused-ring (bicyclic) bond motifs is 1. The molecule has 11 heteroatoms. The van der Waals surface area contributed by atoms with Crippen molar-refractivity contribution in [3.63, 3.8) is 0 Å². The van der Waals surface area contributed by atoms with Crippen LogP contribution in [0.4, 0.5) is 10.0 Å². The molecule has 3 heterocycles. The molecule has 1 amide bonds. The first-order valence-electron chi connectivity index (χ1n) is 15.0. The first kappa shape index (κ1) is 31.2. The Morgan fingerprint density at radius 3 is 2.24 bits per heavy atom. The Balaban J connectivity index is 1.81. The Labute approximate surface area is 253 Å². The molecule has 0 bridgehead atoms. The number of nitrogens with zero attached hydrogens (tertiary/aromatic N) is 7. The third-order valence-electron chi connectivity index (χ3n) is 7.25. The summed E-state index contributed by atoms with van der Waals surface area (Å²) in [7, 11) is 3.21. The quantitative estimate of drug-likeness (QED) is 0.190. The van der Waals surface area contributed by atoms with Gasteiger partial charge in [0.05, 0.1) is 24.8 Å². The number of unbranched alkanes of at least 4 members (excludes halogenated alkanes) is 3. The molecule has 42 heavy (non-hydrogen) atoms. The summed E-state index contributed by atoms with van der Waals surface area (Å²) in [6, 6.07) is 9.57. The zero-order chi connectivity index (χ0) is 30.1. The summed E-state index contributed by atoms with van der Waals surface area (Å²) in [6.07, 6.45) is 6.11. The van der Waals surface area contributed by atoms with E-state index in [9.17, 15) is 4.79 Å². The van der Waals surface area contributed by atoms with Crippen LogP contribution in [0, 0.1) is 0 Å².